The number of hydrogen-bond acceptors (Lipinski definition) is 4. The van der Waals surface area contributed by atoms with E-state index in [9.17, 15) is 13.2 Å². The van der Waals surface area contributed by atoms with Crippen molar-refractivity contribution < 1.29 is 18.3 Å². The summed E-state index contributed by atoms with van der Waals surface area (Å²) in [7, 11) is -3.48. The summed E-state index contributed by atoms with van der Waals surface area (Å²) in [5.74, 6) is -1.47. The lowest BCUT2D eigenvalue weighted by molar-refractivity contribution is -0.136. The van der Waals surface area contributed by atoms with E-state index in [1.54, 1.807) is 0 Å². The summed E-state index contributed by atoms with van der Waals surface area (Å²) in [6.45, 7) is 9.13. The fraction of sp³-hybridized carbons (Fsp3) is 0.909. The van der Waals surface area contributed by atoms with Gasteiger partial charge in [0.15, 0.2) is 0 Å². The second-order valence-electron chi connectivity index (χ2n) is 4.78. The third kappa shape index (κ3) is 7.62. The Morgan fingerprint density at radius 3 is 2.11 bits per heavy atom. The Labute approximate surface area is 109 Å². The largest absolute Gasteiger partial charge is 0.481 e. The SMILES string of the molecule is CC(C)N(CCNS(=O)(=O)CCC(=O)O)C(C)C. The zero-order chi connectivity index (χ0) is 14.3. The maximum absolute atomic E-state index is 11.5. The van der Waals surface area contributed by atoms with Crippen molar-refractivity contribution in [2.75, 3.05) is 18.8 Å². The summed E-state index contributed by atoms with van der Waals surface area (Å²) in [5, 5.41) is 8.44. The monoisotopic (exact) mass is 280 g/mol. The van der Waals surface area contributed by atoms with Gasteiger partial charge in [-0.05, 0) is 27.7 Å². The molecule has 0 aromatic carbocycles. The average molecular weight is 280 g/mol. The Hall–Kier alpha value is -0.660. The standard InChI is InChI=1S/C11H24N2O4S/c1-9(2)13(10(3)4)7-6-12-18(16,17)8-5-11(14)15/h9-10,12H,5-8H2,1-4H3,(H,14,15). The van der Waals surface area contributed by atoms with Crippen molar-refractivity contribution in [3.05, 3.63) is 0 Å². The van der Waals surface area contributed by atoms with Crippen molar-refractivity contribution in [2.24, 2.45) is 0 Å². The molecular formula is C11H24N2O4S. The van der Waals surface area contributed by atoms with Crippen molar-refractivity contribution in [1.82, 2.24) is 9.62 Å². The molecule has 7 heteroatoms. The highest BCUT2D eigenvalue weighted by Crippen LogP contribution is 2.03. The zero-order valence-corrected chi connectivity index (χ0v) is 12.3. The van der Waals surface area contributed by atoms with Gasteiger partial charge in [0.2, 0.25) is 10.0 Å². The first-order valence-corrected chi connectivity index (χ1v) is 7.76. The predicted molar refractivity (Wildman–Crippen MR) is 71.0 cm³/mol. The number of carboxylic acid groups (broad SMARTS) is 1. The molecule has 0 aliphatic carbocycles. The van der Waals surface area contributed by atoms with Gasteiger partial charge in [-0.15, -0.1) is 0 Å². The van der Waals surface area contributed by atoms with Gasteiger partial charge in [-0.3, -0.25) is 9.69 Å². The highest BCUT2D eigenvalue weighted by atomic mass is 32.2. The molecular weight excluding hydrogens is 256 g/mol. The topological polar surface area (TPSA) is 86.7 Å². The molecule has 2 N–H and O–H groups in total. The minimum atomic E-state index is -3.48. The first-order chi connectivity index (χ1) is 8.15. The summed E-state index contributed by atoms with van der Waals surface area (Å²) in [4.78, 5) is 12.5. The fourth-order valence-electron chi connectivity index (χ4n) is 1.74. The first-order valence-electron chi connectivity index (χ1n) is 6.10. The van der Waals surface area contributed by atoms with Crippen LogP contribution < -0.4 is 4.72 Å². The molecule has 0 saturated carbocycles. The molecule has 0 aromatic heterocycles. The molecule has 0 bridgehead atoms. The highest BCUT2D eigenvalue weighted by Gasteiger charge is 2.16. The average Bonchev–Trinajstić information content (AvgIpc) is 2.20. The summed E-state index contributed by atoms with van der Waals surface area (Å²) >= 11 is 0. The van der Waals surface area contributed by atoms with E-state index in [2.05, 4.69) is 37.3 Å². The van der Waals surface area contributed by atoms with Gasteiger partial charge >= 0.3 is 5.97 Å². The van der Waals surface area contributed by atoms with Crippen molar-refractivity contribution in [3.8, 4) is 0 Å². The highest BCUT2D eigenvalue weighted by molar-refractivity contribution is 7.89. The molecule has 0 heterocycles. The number of aliphatic carboxylic acids is 1. The number of nitrogens with zero attached hydrogens (tertiary/aromatic N) is 1. The maximum Gasteiger partial charge on any atom is 0.304 e. The van der Waals surface area contributed by atoms with Crippen molar-refractivity contribution >= 4 is 16.0 Å². The third-order valence-corrected chi connectivity index (χ3v) is 3.99. The second kappa shape index (κ2) is 7.70. The van der Waals surface area contributed by atoms with Crippen molar-refractivity contribution in [3.63, 3.8) is 0 Å². The Morgan fingerprint density at radius 1 is 1.22 bits per heavy atom. The molecule has 0 amide bonds. The zero-order valence-electron chi connectivity index (χ0n) is 11.5. The smallest absolute Gasteiger partial charge is 0.304 e. The molecule has 0 unspecified atom stereocenters. The molecule has 0 rings (SSSR count). The van der Waals surface area contributed by atoms with E-state index in [0.29, 0.717) is 25.2 Å². The van der Waals surface area contributed by atoms with E-state index < -0.39 is 16.0 Å². The Balaban J connectivity index is 4.12. The van der Waals surface area contributed by atoms with Crippen LogP contribution in [0.3, 0.4) is 0 Å². The molecule has 6 nitrogen and oxygen atoms in total. The quantitative estimate of drug-likeness (QED) is 0.642. The molecule has 0 fully saturated rings. The summed E-state index contributed by atoms with van der Waals surface area (Å²) in [6, 6.07) is 0.682. The van der Waals surface area contributed by atoms with Crippen molar-refractivity contribution in [1.29, 1.82) is 0 Å². The Kier molecular flexibility index (Phi) is 7.42. The number of rotatable bonds is 9. The molecule has 0 aromatic rings. The Morgan fingerprint density at radius 2 is 1.72 bits per heavy atom. The molecule has 0 spiro atoms. The van der Waals surface area contributed by atoms with Crippen LogP contribution in [0.4, 0.5) is 0 Å². The fourth-order valence-corrected chi connectivity index (χ4v) is 2.73. The van der Waals surface area contributed by atoms with Crippen LogP contribution >= 0.6 is 0 Å². The van der Waals surface area contributed by atoms with E-state index >= 15 is 0 Å². The number of carbonyl (C=O) groups is 1. The summed E-state index contributed by atoms with van der Waals surface area (Å²) < 4.78 is 25.3. The van der Waals surface area contributed by atoms with Crippen LogP contribution in [-0.2, 0) is 14.8 Å². The molecule has 0 aliphatic heterocycles. The van der Waals surface area contributed by atoms with E-state index in [1.807, 2.05) is 0 Å². The van der Waals surface area contributed by atoms with Crippen LogP contribution in [0.15, 0.2) is 0 Å². The summed E-state index contributed by atoms with van der Waals surface area (Å²) in [6.07, 6.45) is -0.368. The van der Waals surface area contributed by atoms with Gasteiger partial charge in [0.1, 0.15) is 0 Å². The molecule has 0 saturated heterocycles. The van der Waals surface area contributed by atoms with Crippen molar-refractivity contribution in [2.45, 2.75) is 46.2 Å². The van der Waals surface area contributed by atoms with E-state index in [-0.39, 0.29) is 12.2 Å². The maximum atomic E-state index is 11.5. The molecule has 0 aliphatic rings. The van der Waals surface area contributed by atoms with Gasteiger partial charge in [-0.25, -0.2) is 13.1 Å². The van der Waals surface area contributed by atoms with Gasteiger partial charge in [0.25, 0.3) is 0 Å². The molecule has 0 radical (unpaired) electrons. The number of carboxylic acids is 1. The molecule has 0 atom stereocenters. The number of sulfonamides is 1. The summed E-state index contributed by atoms with van der Waals surface area (Å²) in [5.41, 5.74) is 0. The third-order valence-electron chi connectivity index (χ3n) is 2.60. The van der Waals surface area contributed by atoms with Crippen LogP contribution in [0, 0.1) is 0 Å². The van der Waals surface area contributed by atoms with E-state index in [0.717, 1.165) is 0 Å². The number of nitrogens with one attached hydrogen (secondary N) is 1. The van der Waals surface area contributed by atoms with Crippen LogP contribution in [0.5, 0.6) is 0 Å². The minimum Gasteiger partial charge on any atom is -0.481 e. The predicted octanol–water partition coefficient (Wildman–Crippen LogP) is 0.499. The van der Waals surface area contributed by atoms with Gasteiger partial charge in [0.05, 0.1) is 12.2 Å². The van der Waals surface area contributed by atoms with Gasteiger partial charge in [0, 0.05) is 25.2 Å². The van der Waals surface area contributed by atoms with E-state index in [4.69, 9.17) is 5.11 Å². The van der Waals surface area contributed by atoms with Gasteiger partial charge in [-0.1, -0.05) is 0 Å². The molecule has 108 valence electrons. The lowest BCUT2D eigenvalue weighted by Gasteiger charge is -2.30. The normalized spacial score (nSPS) is 12.6. The van der Waals surface area contributed by atoms with Crippen LogP contribution in [0.1, 0.15) is 34.1 Å². The number of hydrogen-bond donors (Lipinski definition) is 2. The van der Waals surface area contributed by atoms with E-state index in [1.165, 1.54) is 0 Å². The van der Waals surface area contributed by atoms with Crippen LogP contribution in [0.25, 0.3) is 0 Å². The first kappa shape index (κ1) is 17.3. The lowest BCUT2D eigenvalue weighted by atomic mass is 10.2. The van der Waals surface area contributed by atoms with Crippen LogP contribution in [0.2, 0.25) is 0 Å². The molecule has 18 heavy (non-hydrogen) atoms. The minimum absolute atomic E-state index is 0.304. The Bertz CT molecular complexity index is 344. The van der Waals surface area contributed by atoms with Gasteiger partial charge in [-0.2, -0.15) is 0 Å². The lowest BCUT2D eigenvalue weighted by Crippen LogP contribution is -2.42. The second-order valence-corrected chi connectivity index (χ2v) is 6.71. The van der Waals surface area contributed by atoms with Crippen LogP contribution in [-0.4, -0.2) is 55.3 Å². The van der Waals surface area contributed by atoms with Gasteiger partial charge < -0.3 is 5.11 Å².